The van der Waals surface area contributed by atoms with Crippen LogP contribution in [0.5, 0.6) is 5.75 Å². The van der Waals surface area contributed by atoms with E-state index in [4.69, 9.17) is 24.3 Å². The minimum atomic E-state index is -4.24. The number of likely N-dealkylation sites (tertiary alicyclic amines) is 1. The van der Waals surface area contributed by atoms with Crippen LogP contribution in [0.1, 0.15) is 20.3 Å². The van der Waals surface area contributed by atoms with Crippen molar-refractivity contribution in [1.82, 2.24) is 15.0 Å². The number of aliphatic hydroxyl groups is 2. The first kappa shape index (κ1) is 30.4. The minimum Gasteiger partial charge on any atom is -0.460 e. The zero-order chi connectivity index (χ0) is 30.1. The third-order valence-electron chi connectivity index (χ3n) is 7.56. The summed E-state index contributed by atoms with van der Waals surface area (Å²) >= 11 is 0. The molecule has 15 heteroatoms. The number of aliphatic hydroxyl groups excluding tert-OH is 2. The number of hydrogen-bond donors (Lipinski definition) is 4. The number of carbonyl (C=O) groups is 1. The molecule has 1 aromatic carbocycles. The van der Waals surface area contributed by atoms with Gasteiger partial charge < -0.3 is 34.8 Å². The Hall–Kier alpha value is -3.10. The van der Waals surface area contributed by atoms with E-state index in [2.05, 4.69) is 20.1 Å². The van der Waals surface area contributed by atoms with Gasteiger partial charge in [0, 0.05) is 13.1 Å². The minimum absolute atomic E-state index is 0.238. The molecule has 14 nitrogen and oxygen atoms in total. The van der Waals surface area contributed by atoms with Crippen molar-refractivity contribution in [2.75, 3.05) is 33.3 Å². The number of nitrogens with two attached hydrogens (primary N) is 1. The highest BCUT2D eigenvalue weighted by Crippen LogP contribution is 2.47. The van der Waals surface area contributed by atoms with Gasteiger partial charge in [-0.05, 0) is 51.1 Å². The van der Waals surface area contributed by atoms with E-state index in [9.17, 15) is 19.6 Å². The van der Waals surface area contributed by atoms with Gasteiger partial charge >= 0.3 is 13.7 Å². The molecule has 0 amide bonds. The Labute approximate surface area is 244 Å². The number of hydrogen-bond acceptors (Lipinski definition) is 13. The van der Waals surface area contributed by atoms with Crippen LogP contribution >= 0.6 is 7.75 Å². The molecule has 5 N–H and O–H groups in total. The molecule has 0 saturated carbocycles. The Kier molecular flexibility index (Phi) is 8.86. The van der Waals surface area contributed by atoms with E-state index in [0.717, 1.165) is 6.54 Å². The third kappa shape index (κ3) is 6.60. The largest absolute Gasteiger partial charge is 0.460 e. The molecule has 7 atom stereocenters. The number of nitrogens with zero attached hydrogens (tertiary/aromatic N) is 4. The second-order valence-corrected chi connectivity index (χ2v) is 12.7. The first-order valence-corrected chi connectivity index (χ1v) is 15.2. The number of rotatable bonds is 10. The Morgan fingerprint density at radius 1 is 1.31 bits per heavy atom. The molecule has 0 spiro atoms. The van der Waals surface area contributed by atoms with Gasteiger partial charge in [-0.15, -0.1) is 0 Å². The number of aliphatic imine (C=N–C) groups is 1. The summed E-state index contributed by atoms with van der Waals surface area (Å²) in [6.45, 7) is 4.28. The smallest absolute Gasteiger partial charge is 0.459 e. The van der Waals surface area contributed by atoms with Crippen LogP contribution in [-0.4, -0.2) is 108 Å². The van der Waals surface area contributed by atoms with Crippen molar-refractivity contribution in [1.29, 1.82) is 0 Å². The number of fused-ring (bicyclic) bond motifs is 1. The molecule has 2 fully saturated rings. The molecule has 1 unspecified atom stereocenters. The summed E-state index contributed by atoms with van der Waals surface area (Å²) in [6.07, 6.45) is 1.58. The molecule has 4 heterocycles. The lowest BCUT2D eigenvalue weighted by molar-refractivity contribution is -0.150. The molecule has 2 saturated heterocycles. The van der Waals surface area contributed by atoms with Crippen LogP contribution < -0.4 is 15.3 Å². The van der Waals surface area contributed by atoms with Crippen molar-refractivity contribution < 1.29 is 38.1 Å². The fraction of sp³-hybridized carbons (Fsp3) is 0.519. The number of allylic oxidation sites excluding steroid dienone is 2. The topological polar surface area (TPSA) is 181 Å². The van der Waals surface area contributed by atoms with E-state index < -0.39 is 50.3 Å². The fourth-order valence-electron chi connectivity index (χ4n) is 5.15. The van der Waals surface area contributed by atoms with Gasteiger partial charge in [-0.3, -0.25) is 14.3 Å². The first-order valence-electron chi connectivity index (χ1n) is 13.7. The van der Waals surface area contributed by atoms with Crippen LogP contribution in [0.3, 0.4) is 0 Å². The molecule has 4 aliphatic rings. The third-order valence-corrected chi connectivity index (χ3v) is 9.19. The summed E-state index contributed by atoms with van der Waals surface area (Å²) in [7, 11) is -2.30. The zero-order valence-corrected chi connectivity index (χ0v) is 24.6. The van der Waals surface area contributed by atoms with E-state index in [1.54, 1.807) is 47.5 Å². The Morgan fingerprint density at radius 2 is 2.07 bits per heavy atom. The summed E-state index contributed by atoms with van der Waals surface area (Å²) in [5, 5.41) is 30.4. The highest BCUT2D eigenvalue weighted by atomic mass is 31.2. The zero-order valence-electron chi connectivity index (χ0n) is 23.7. The lowest BCUT2D eigenvalue weighted by Crippen LogP contribution is -2.45. The second kappa shape index (κ2) is 12.3. The van der Waals surface area contributed by atoms with E-state index in [1.807, 2.05) is 7.05 Å². The average Bonchev–Trinajstić information content (AvgIpc) is 3.48. The lowest BCUT2D eigenvalue weighted by Gasteiger charge is -2.32. The number of ether oxygens (including phenoxy) is 2. The summed E-state index contributed by atoms with van der Waals surface area (Å²) in [5.74, 6) is -0.0544. The molecule has 42 heavy (non-hydrogen) atoms. The van der Waals surface area contributed by atoms with Crippen molar-refractivity contribution in [3.8, 4) is 5.75 Å². The van der Waals surface area contributed by atoms with E-state index in [0.29, 0.717) is 30.1 Å². The molecule has 0 aromatic heterocycles. The number of amidine groups is 1. The van der Waals surface area contributed by atoms with Crippen molar-refractivity contribution in [2.24, 2.45) is 15.8 Å². The maximum atomic E-state index is 14.0. The predicted molar refractivity (Wildman–Crippen MR) is 153 cm³/mol. The number of para-hydroxylation sites is 1. The van der Waals surface area contributed by atoms with E-state index in [1.165, 1.54) is 20.2 Å². The molecular weight excluding hydrogens is 567 g/mol. The Morgan fingerprint density at radius 3 is 2.79 bits per heavy atom. The fourth-order valence-corrected chi connectivity index (χ4v) is 6.73. The van der Waals surface area contributed by atoms with Crippen molar-refractivity contribution in [2.45, 2.75) is 56.3 Å². The van der Waals surface area contributed by atoms with Gasteiger partial charge in [-0.2, -0.15) is 10.2 Å². The van der Waals surface area contributed by atoms with Crippen molar-refractivity contribution >= 4 is 25.9 Å². The molecule has 5 rings (SSSR count). The van der Waals surface area contributed by atoms with Gasteiger partial charge in [-0.25, -0.2) is 9.56 Å². The highest BCUT2D eigenvalue weighted by molar-refractivity contribution is 7.52. The molecular formula is C27H37N6O8P. The number of benzene rings is 1. The Balaban J connectivity index is 1.29. The number of esters is 1. The molecule has 0 radical (unpaired) electrons. The van der Waals surface area contributed by atoms with Crippen LogP contribution in [0, 0.1) is 0 Å². The van der Waals surface area contributed by atoms with Crippen LogP contribution in [0.2, 0.25) is 0 Å². The number of hydrazone groups is 1. The summed E-state index contributed by atoms with van der Waals surface area (Å²) < 4.78 is 37.3. The monoisotopic (exact) mass is 604 g/mol. The average molecular weight is 605 g/mol. The van der Waals surface area contributed by atoms with Crippen molar-refractivity contribution in [3.63, 3.8) is 0 Å². The molecule has 4 aliphatic heterocycles. The van der Waals surface area contributed by atoms with Crippen molar-refractivity contribution in [3.05, 3.63) is 53.8 Å². The highest BCUT2D eigenvalue weighted by Gasteiger charge is 2.54. The summed E-state index contributed by atoms with van der Waals surface area (Å²) in [5.41, 5.74) is 5.68. The van der Waals surface area contributed by atoms with Gasteiger partial charge in [0.1, 0.15) is 53.8 Å². The lowest BCUT2D eigenvalue weighted by atomic mass is 9.94. The number of likely N-dealkylation sites (N-methyl/N-ethyl adjacent to an activating group) is 1. The van der Waals surface area contributed by atoms with Gasteiger partial charge in [0.2, 0.25) is 0 Å². The van der Waals surface area contributed by atoms with Gasteiger partial charge in [0.15, 0.2) is 5.84 Å². The van der Waals surface area contributed by atoms with Gasteiger partial charge in [-0.1, -0.05) is 24.3 Å². The quantitative estimate of drug-likeness (QED) is 0.218. The second-order valence-electron chi connectivity index (χ2n) is 11.0. The molecule has 1 aromatic rings. The maximum Gasteiger partial charge on any atom is 0.459 e. The SMILES string of the molecule is C[C@H](NP(=O)(OC[C@@]1(C)O[C@@H](C2=CC=C3C(N)=NC=NN3C2)[C@H](O)[C@@H]1O)Oc1ccccc1)C(=O)O[C@@H]1CCN(C)C1. The van der Waals surface area contributed by atoms with Crippen LogP contribution in [0.4, 0.5) is 0 Å². The molecule has 0 aliphatic carbocycles. The van der Waals surface area contributed by atoms with E-state index >= 15 is 0 Å². The number of nitrogens with one attached hydrogen (secondary N) is 1. The summed E-state index contributed by atoms with van der Waals surface area (Å²) in [6, 6.07) is 7.31. The van der Waals surface area contributed by atoms with Crippen LogP contribution in [-0.2, 0) is 23.4 Å². The standard InChI is InChI=1S/C27H37N6O8P/c1-17(26(36)39-20-11-12-32(3)14-20)31-42(37,41-19-7-5-4-6-8-19)38-15-27(2)24(35)22(34)23(40-27)18-9-10-21-25(28)29-16-30-33(21)13-18/h4-10,16-17,20,22-24,34-35H,11-15H2,1-3H3,(H,31,37)(H2,28,29,30)/t17-,20+,22-,23-,24-,27+,42?/m0/s1. The summed E-state index contributed by atoms with van der Waals surface area (Å²) in [4.78, 5) is 18.9. The van der Waals surface area contributed by atoms with Crippen LogP contribution in [0.25, 0.3) is 0 Å². The maximum absolute atomic E-state index is 14.0. The number of carbonyl (C=O) groups excluding carboxylic acids is 1. The van der Waals surface area contributed by atoms with Gasteiger partial charge in [0.05, 0.1) is 13.2 Å². The predicted octanol–water partition coefficient (Wildman–Crippen LogP) is 0.735. The Bertz CT molecular complexity index is 1340. The molecule has 228 valence electrons. The van der Waals surface area contributed by atoms with E-state index in [-0.39, 0.29) is 18.4 Å². The normalized spacial score (nSPS) is 31.5. The molecule has 0 bridgehead atoms. The first-order chi connectivity index (χ1) is 20.0. The van der Waals surface area contributed by atoms with Gasteiger partial charge in [0.25, 0.3) is 0 Å². The van der Waals surface area contributed by atoms with Crippen LogP contribution in [0.15, 0.2) is 63.8 Å².